The summed E-state index contributed by atoms with van der Waals surface area (Å²) in [6, 6.07) is 12.9. The average molecular weight is 409 g/mol. The minimum absolute atomic E-state index is 0.0381. The van der Waals surface area contributed by atoms with E-state index in [0.29, 0.717) is 24.2 Å². The molecule has 1 heterocycles. The lowest BCUT2D eigenvalue weighted by molar-refractivity contribution is -0.117. The Labute approximate surface area is 176 Å². The highest BCUT2D eigenvalue weighted by Gasteiger charge is 2.32. The maximum atomic E-state index is 12.7. The molecule has 1 amide bonds. The number of benzene rings is 2. The van der Waals surface area contributed by atoms with Gasteiger partial charge in [0.1, 0.15) is 0 Å². The van der Waals surface area contributed by atoms with Crippen LogP contribution in [0.5, 0.6) is 11.5 Å². The predicted octanol–water partition coefficient (Wildman–Crippen LogP) is 4.32. The fraction of sp³-hybridized carbons (Fsp3) is 0.417. The van der Waals surface area contributed by atoms with Crippen molar-refractivity contribution in [1.82, 2.24) is 0 Å². The first-order chi connectivity index (χ1) is 14.6. The number of methoxy groups -OCH3 is 2. The third-order valence-electron chi connectivity index (χ3n) is 5.96. The molecule has 6 nitrogen and oxygen atoms in total. The number of carbonyl (C=O) groups excluding carboxylic acids is 2. The number of anilines is 1. The summed E-state index contributed by atoms with van der Waals surface area (Å²) in [6.07, 6.45) is 5.18. The quantitative estimate of drug-likeness (QED) is 0.665. The Morgan fingerprint density at radius 3 is 2.57 bits per heavy atom. The topological polar surface area (TPSA) is 65.1 Å². The minimum atomic E-state index is -0.413. The lowest BCUT2D eigenvalue weighted by Crippen LogP contribution is -2.24. The third-order valence-corrected chi connectivity index (χ3v) is 5.96. The van der Waals surface area contributed by atoms with Crippen LogP contribution in [0.15, 0.2) is 42.5 Å². The SMILES string of the molecule is COC(=O)c1cccc(N2CC(c3ccc(OC)c(OC4CCCC4)c3)CC2=O)c1. The number of esters is 1. The zero-order valence-electron chi connectivity index (χ0n) is 17.4. The van der Waals surface area contributed by atoms with Crippen molar-refractivity contribution in [1.29, 1.82) is 0 Å². The summed E-state index contributed by atoms with van der Waals surface area (Å²) < 4.78 is 16.5. The fourth-order valence-electron chi connectivity index (χ4n) is 4.32. The molecule has 2 aromatic carbocycles. The van der Waals surface area contributed by atoms with Crippen molar-refractivity contribution < 1.29 is 23.8 Å². The summed E-state index contributed by atoms with van der Waals surface area (Å²) >= 11 is 0. The van der Waals surface area contributed by atoms with Gasteiger partial charge in [-0.15, -0.1) is 0 Å². The Bertz CT molecular complexity index is 935. The van der Waals surface area contributed by atoms with Crippen LogP contribution in [-0.4, -0.2) is 38.7 Å². The van der Waals surface area contributed by atoms with Crippen LogP contribution in [0.3, 0.4) is 0 Å². The summed E-state index contributed by atoms with van der Waals surface area (Å²) in [4.78, 5) is 26.3. The van der Waals surface area contributed by atoms with Crippen LogP contribution in [0.4, 0.5) is 5.69 Å². The molecule has 6 heteroatoms. The van der Waals surface area contributed by atoms with Gasteiger partial charge in [-0.2, -0.15) is 0 Å². The number of rotatable bonds is 6. The van der Waals surface area contributed by atoms with Crippen molar-refractivity contribution in [2.45, 2.75) is 44.1 Å². The number of hydrogen-bond acceptors (Lipinski definition) is 5. The molecule has 1 saturated heterocycles. The molecule has 1 saturated carbocycles. The van der Waals surface area contributed by atoms with Crippen LogP contribution >= 0.6 is 0 Å². The lowest BCUT2D eigenvalue weighted by atomic mass is 9.98. The van der Waals surface area contributed by atoms with E-state index in [2.05, 4.69) is 0 Å². The molecule has 158 valence electrons. The molecule has 2 aliphatic rings. The van der Waals surface area contributed by atoms with Crippen LogP contribution < -0.4 is 14.4 Å². The molecule has 1 aliphatic carbocycles. The van der Waals surface area contributed by atoms with E-state index in [4.69, 9.17) is 14.2 Å². The Morgan fingerprint density at radius 1 is 1.03 bits per heavy atom. The second-order valence-corrected chi connectivity index (χ2v) is 7.88. The average Bonchev–Trinajstić information content (AvgIpc) is 3.43. The summed E-state index contributed by atoms with van der Waals surface area (Å²) in [7, 11) is 2.99. The first-order valence-corrected chi connectivity index (χ1v) is 10.4. The molecule has 2 aromatic rings. The van der Waals surface area contributed by atoms with Crippen LogP contribution in [0, 0.1) is 0 Å². The maximum absolute atomic E-state index is 12.7. The van der Waals surface area contributed by atoms with Gasteiger partial charge in [0.2, 0.25) is 5.91 Å². The van der Waals surface area contributed by atoms with Crippen LogP contribution in [-0.2, 0) is 9.53 Å². The summed E-state index contributed by atoms with van der Waals surface area (Å²) in [5, 5.41) is 0. The second-order valence-electron chi connectivity index (χ2n) is 7.88. The smallest absolute Gasteiger partial charge is 0.337 e. The standard InChI is InChI=1S/C24H27NO5/c1-28-21-11-10-16(13-22(21)30-20-8-3-4-9-20)18-14-23(26)25(15-18)19-7-5-6-17(12-19)24(27)29-2/h5-7,10-13,18,20H,3-4,8-9,14-15H2,1-2H3. The highest BCUT2D eigenvalue weighted by molar-refractivity contribution is 5.98. The van der Waals surface area contributed by atoms with Crippen molar-refractivity contribution in [3.63, 3.8) is 0 Å². The van der Waals surface area contributed by atoms with Crippen molar-refractivity contribution in [3.8, 4) is 11.5 Å². The molecular formula is C24H27NO5. The predicted molar refractivity (Wildman–Crippen MR) is 113 cm³/mol. The molecule has 0 aromatic heterocycles. The second kappa shape index (κ2) is 8.78. The number of amides is 1. The van der Waals surface area contributed by atoms with E-state index in [1.165, 1.54) is 20.0 Å². The van der Waals surface area contributed by atoms with Crippen molar-refractivity contribution in [2.75, 3.05) is 25.7 Å². The molecule has 0 bridgehead atoms. The van der Waals surface area contributed by atoms with Gasteiger partial charge in [0, 0.05) is 24.6 Å². The molecule has 0 N–H and O–H groups in total. The molecule has 1 atom stereocenters. The largest absolute Gasteiger partial charge is 0.493 e. The van der Waals surface area contributed by atoms with Crippen LogP contribution in [0.2, 0.25) is 0 Å². The van der Waals surface area contributed by atoms with E-state index < -0.39 is 5.97 Å². The lowest BCUT2D eigenvalue weighted by Gasteiger charge is -2.19. The van der Waals surface area contributed by atoms with Gasteiger partial charge >= 0.3 is 5.97 Å². The first-order valence-electron chi connectivity index (χ1n) is 10.4. The van der Waals surface area contributed by atoms with Gasteiger partial charge in [0.05, 0.1) is 25.9 Å². The summed E-state index contributed by atoms with van der Waals surface area (Å²) in [6.45, 7) is 0.554. The summed E-state index contributed by atoms with van der Waals surface area (Å²) in [5.41, 5.74) is 2.20. The monoisotopic (exact) mass is 409 g/mol. The zero-order valence-corrected chi connectivity index (χ0v) is 17.4. The maximum Gasteiger partial charge on any atom is 0.337 e. The fourth-order valence-corrected chi connectivity index (χ4v) is 4.32. The van der Waals surface area contributed by atoms with E-state index >= 15 is 0 Å². The third kappa shape index (κ3) is 4.13. The van der Waals surface area contributed by atoms with Crippen molar-refractivity contribution >= 4 is 17.6 Å². The van der Waals surface area contributed by atoms with E-state index in [1.807, 2.05) is 24.3 Å². The Hall–Kier alpha value is -3.02. The first kappa shape index (κ1) is 20.3. The molecule has 4 rings (SSSR count). The van der Waals surface area contributed by atoms with E-state index in [-0.39, 0.29) is 17.9 Å². The van der Waals surface area contributed by atoms with Crippen molar-refractivity contribution in [2.24, 2.45) is 0 Å². The Morgan fingerprint density at radius 2 is 1.83 bits per heavy atom. The Kier molecular flexibility index (Phi) is 5.93. The van der Waals surface area contributed by atoms with Gasteiger partial charge < -0.3 is 19.1 Å². The summed E-state index contributed by atoms with van der Waals surface area (Å²) in [5.74, 6) is 1.15. The van der Waals surface area contributed by atoms with Crippen LogP contribution in [0.25, 0.3) is 0 Å². The highest BCUT2D eigenvalue weighted by Crippen LogP contribution is 2.38. The molecule has 0 radical (unpaired) electrons. The number of ether oxygens (including phenoxy) is 3. The number of hydrogen-bond donors (Lipinski definition) is 0. The van der Waals surface area contributed by atoms with Crippen molar-refractivity contribution in [3.05, 3.63) is 53.6 Å². The molecule has 30 heavy (non-hydrogen) atoms. The molecule has 1 unspecified atom stereocenters. The van der Waals surface area contributed by atoms with Gasteiger partial charge in [-0.1, -0.05) is 12.1 Å². The highest BCUT2D eigenvalue weighted by atomic mass is 16.5. The molecule has 1 aliphatic heterocycles. The van der Waals surface area contributed by atoms with E-state index in [9.17, 15) is 9.59 Å². The van der Waals surface area contributed by atoms with Gasteiger partial charge in [0.25, 0.3) is 0 Å². The number of carbonyl (C=O) groups is 2. The van der Waals surface area contributed by atoms with Gasteiger partial charge in [-0.05, 0) is 61.6 Å². The Balaban J connectivity index is 1.54. The zero-order chi connectivity index (χ0) is 21.1. The molecular weight excluding hydrogens is 382 g/mol. The minimum Gasteiger partial charge on any atom is -0.493 e. The normalized spacial score (nSPS) is 19.2. The molecule has 0 spiro atoms. The van der Waals surface area contributed by atoms with Gasteiger partial charge in [-0.3, -0.25) is 4.79 Å². The van der Waals surface area contributed by atoms with Gasteiger partial charge in [-0.25, -0.2) is 4.79 Å². The molecule has 2 fully saturated rings. The van der Waals surface area contributed by atoms with Crippen LogP contribution in [0.1, 0.15) is 53.9 Å². The van der Waals surface area contributed by atoms with E-state index in [0.717, 1.165) is 29.9 Å². The van der Waals surface area contributed by atoms with E-state index in [1.54, 1.807) is 30.2 Å². The van der Waals surface area contributed by atoms with Gasteiger partial charge in [0.15, 0.2) is 11.5 Å². The number of nitrogens with zero attached hydrogens (tertiary/aromatic N) is 1.